The second kappa shape index (κ2) is 5.49. The van der Waals surface area contributed by atoms with Crippen molar-refractivity contribution in [2.24, 2.45) is 0 Å². The summed E-state index contributed by atoms with van der Waals surface area (Å²) in [5.74, 6) is -0.220. The summed E-state index contributed by atoms with van der Waals surface area (Å²) < 4.78 is 4.91. The highest BCUT2D eigenvalue weighted by Crippen LogP contribution is 2.22. The number of nitrogens with one attached hydrogen (secondary N) is 1. The molecule has 4 heteroatoms. The molecule has 2 rings (SSSR count). The van der Waals surface area contributed by atoms with Crippen LogP contribution in [0.15, 0.2) is 36.4 Å². The highest BCUT2D eigenvalue weighted by atomic mass is 16.5. The molecule has 0 spiro atoms. The molecule has 0 aliphatic rings. The molecule has 2 aromatic rings. The van der Waals surface area contributed by atoms with Gasteiger partial charge in [-0.1, -0.05) is 37.3 Å². The lowest BCUT2D eigenvalue weighted by molar-refractivity contribution is 0.0519. The van der Waals surface area contributed by atoms with Gasteiger partial charge in [0, 0.05) is 11.6 Å². The van der Waals surface area contributed by atoms with E-state index in [1.54, 1.807) is 13.0 Å². The van der Waals surface area contributed by atoms with Gasteiger partial charge < -0.3 is 4.74 Å². The lowest BCUT2D eigenvalue weighted by Gasteiger charge is -2.08. The van der Waals surface area contributed by atoms with Crippen LogP contribution in [-0.2, 0) is 4.74 Å². The lowest BCUT2D eigenvalue weighted by Crippen LogP contribution is -2.04. The zero-order chi connectivity index (χ0) is 13.0. The van der Waals surface area contributed by atoms with Gasteiger partial charge in [0.25, 0.3) is 0 Å². The first-order valence-corrected chi connectivity index (χ1v) is 5.99. The largest absolute Gasteiger partial charge is 0.461 e. The van der Waals surface area contributed by atoms with E-state index in [-0.39, 0.29) is 11.9 Å². The number of hydrogen-bond acceptors (Lipinski definition) is 3. The summed E-state index contributed by atoms with van der Waals surface area (Å²) >= 11 is 0. The topological polar surface area (TPSA) is 55.0 Å². The van der Waals surface area contributed by atoms with E-state index in [2.05, 4.69) is 29.3 Å². The molecule has 1 atom stereocenters. The van der Waals surface area contributed by atoms with Crippen LogP contribution in [0.2, 0.25) is 0 Å². The molecule has 1 aromatic carbocycles. The number of carbonyl (C=O) groups is 1. The Kier molecular flexibility index (Phi) is 3.77. The van der Waals surface area contributed by atoms with Gasteiger partial charge in [0.1, 0.15) is 0 Å². The van der Waals surface area contributed by atoms with Gasteiger partial charge in [0.2, 0.25) is 0 Å². The SMILES string of the molecule is CCOC(=O)c1cc(C(C)c2ccccc2)[nH]n1. The van der Waals surface area contributed by atoms with Crippen molar-refractivity contribution >= 4 is 5.97 Å². The molecule has 0 saturated heterocycles. The summed E-state index contributed by atoms with van der Waals surface area (Å²) in [6.45, 7) is 4.20. The summed E-state index contributed by atoms with van der Waals surface area (Å²) in [5.41, 5.74) is 2.41. The molecule has 1 N–H and O–H groups in total. The summed E-state index contributed by atoms with van der Waals surface area (Å²) in [7, 11) is 0. The van der Waals surface area contributed by atoms with Crippen molar-refractivity contribution < 1.29 is 9.53 Å². The fourth-order valence-corrected chi connectivity index (χ4v) is 1.79. The lowest BCUT2D eigenvalue weighted by atomic mass is 9.98. The van der Waals surface area contributed by atoms with Gasteiger partial charge in [-0.25, -0.2) is 4.79 Å². The summed E-state index contributed by atoms with van der Waals surface area (Å²) in [6, 6.07) is 11.8. The van der Waals surface area contributed by atoms with Crippen molar-refractivity contribution in [3.8, 4) is 0 Å². The monoisotopic (exact) mass is 244 g/mol. The standard InChI is InChI=1S/C14H16N2O2/c1-3-18-14(17)13-9-12(15-16-13)10(2)11-7-5-4-6-8-11/h4-10H,3H2,1-2H3,(H,15,16). The Morgan fingerprint density at radius 2 is 2.11 bits per heavy atom. The zero-order valence-corrected chi connectivity index (χ0v) is 10.5. The number of nitrogens with zero attached hydrogens (tertiary/aromatic N) is 1. The zero-order valence-electron chi connectivity index (χ0n) is 10.5. The number of aromatic amines is 1. The third-order valence-electron chi connectivity index (χ3n) is 2.85. The number of rotatable bonds is 4. The van der Waals surface area contributed by atoms with Crippen LogP contribution in [0.4, 0.5) is 0 Å². The van der Waals surface area contributed by atoms with Crippen LogP contribution in [0.5, 0.6) is 0 Å². The van der Waals surface area contributed by atoms with Crippen molar-refractivity contribution in [1.29, 1.82) is 0 Å². The third kappa shape index (κ3) is 2.59. The smallest absolute Gasteiger partial charge is 0.358 e. The Hall–Kier alpha value is -2.10. The normalized spacial score (nSPS) is 12.1. The molecule has 0 saturated carbocycles. The van der Waals surface area contributed by atoms with Crippen molar-refractivity contribution in [2.45, 2.75) is 19.8 Å². The van der Waals surface area contributed by atoms with E-state index in [1.807, 2.05) is 18.2 Å². The van der Waals surface area contributed by atoms with E-state index in [4.69, 9.17) is 4.74 Å². The Morgan fingerprint density at radius 3 is 2.78 bits per heavy atom. The molecule has 4 nitrogen and oxygen atoms in total. The van der Waals surface area contributed by atoms with Gasteiger partial charge in [-0.2, -0.15) is 5.10 Å². The molecule has 1 unspecified atom stereocenters. The highest BCUT2D eigenvalue weighted by molar-refractivity contribution is 5.87. The summed E-state index contributed by atoms with van der Waals surface area (Å²) in [4.78, 5) is 11.5. The Labute approximate surface area is 106 Å². The number of benzene rings is 1. The Bertz CT molecular complexity index is 520. The average molecular weight is 244 g/mol. The summed E-state index contributed by atoms with van der Waals surface area (Å²) in [5, 5.41) is 6.87. The molecule has 94 valence electrons. The molecule has 0 fully saturated rings. The second-order valence-electron chi connectivity index (χ2n) is 4.06. The number of ether oxygens (including phenoxy) is 1. The van der Waals surface area contributed by atoms with Crippen molar-refractivity contribution in [1.82, 2.24) is 10.2 Å². The Morgan fingerprint density at radius 1 is 1.39 bits per heavy atom. The van der Waals surface area contributed by atoms with Gasteiger partial charge in [-0.15, -0.1) is 0 Å². The molecule has 0 amide bonds. The average Bonchev–Trinajstić information content (AvgIpc) is 2.89. The van der Waals surface area contributed by atoms with Gasteiger partial charge in [-0.05, 0) is 18.6 Å². The maximum Gasteiger partial charge on any atom is 0.358 e. The third-order valence-corrected chi connectivity index (χ3v) is 2.85. The number of H-pyrrole nitrogens is 1. The maximum atomic E-state index is 11.5. The minimum atomic E-state index is -0.389. The van der Waals surface area contributed by atoms with Crippen LogP contribution in [-0.4, -0.2) is 22.8 Å². The fourth-order valence-electron chi connectivity index (χ4n) is 1.79. The van der Waals surface area contributed by atoms with E-state index in [0.717, 1.165) is 5.69 Å². The second-order valence-corrected chi connectivity index (χ2v) is 4.06. The van der Waals surface area contributed by atoms with Crippen LogP contribution in [0.25, 0.3) is 0 Å². The van der Waals surface area contributed by atoms with Crippen LogP contribution >= 0.6 is 0 Å². The number of esters is 1. The van der Waals surface area contributed by atoms with E-state index >= 15 is 0 Å². The van der Waals surface area contributed by atoms with Crippen molar-refractivity contribution in [2.75, 3.05) is 6.61 Å². The van der Waals surface area contributed by atoms with Crippen LogP contribution < -0.4 is 0 Å². The molecule has 0 bridgehead atoms. The minimum absolute atomic E-state index is 0.168. The molecule has 1 aromatic heterocycles. The molecule has 18 heavy (non-hydrogen) atoms. The molecule has 0 aliphatic carbocycles. The molecular weight excluding hydrogens is 228 g/mol. The first-order chi connectivity index (χ1) is 8.72. The van der Waals surface area contributed by atoms with E-state index in [1.165, 1.54) is 5.56 Å². The van der Waals surface area contributed by atoms with Crippen LogP contribution in [0.3, 0.4) is 0 Å². The van der Waals surface area contributed by atoms with Crippen LogP contribution in [0.1, 0.15) is 41.5 Å². The van der Waals surface area contributed by atoms with Crippen LogP contribution in [0, 0.1) is 0 Å². The maximum absolute atomic E-state index is 11.5. The van der Waals surface area contributed by atoms with Gasteiger partial charge >= 0.3 is 5.97 Å². The first kappa shape index (κ1) is 12.4. The molecule has 1 heterocycles. The fraction of sp³-hybridized carbons (Fsp3) is 0.286. The van der Waals surface area contributed by atoms with E-state index < -0.39 is 0 Å². The highest BCUT2D eigenvalue weighted by Gasteiger charge is 2.15. The Balaban J connectivity index is 2.17. The van der Waals surface area contributed by atoms with Gasteiger partial charge in [0.05, 0.1) is 6.61 Å². The van der Waals surface area contributed by atoms with Gasteiger partial charge in [0.15, 0.2) is 5.69 Å². The first-order valence-electron chi connectivity index (χ1n) is 5.99. The number of hydrogen-bond donors (Lipinski definition) is 1. The minimum Gasteiger partial charge on any atom is -0.461 e. The molecular formula is C14H16N2O2. The van der Waals surface area contributed by atoms with E-state index in [9.17, 15) is 4.79 Å². The summed E-state index contributed by atoms with van der Waals surface area (Å²) in [6.07, 6.45) is 0. The van der Waals surface area contributed by atoms with Gasteiger partial charge in [-0.3, -0.25) is 5.10 Å². The number of aromatic nitrogens is 2. The molecule has 0 radical (unpaired) electrons. The molecule has 0 aliphatic heterocycles. The predicted octanol–water partition coefficient (Wildman–Crippen LogP) is 2.74. The number of carbonyl (C=O) groups excluding carboxylic acids is 1. The predicted molar refractivity (Wildman–Crippen MR) is 68.5 cm³/mol. The van der Waals surface area contributed by atoms with Crippen molar-refractivity contribution in [3.63, 3.8) is 0 Å². The van der Waals surface area contributed by atoms with E-state index in [0.29, 0.717) is 12.3 Å². The quantitative estimate of drug-likeness (QED) is 0.841. The van der Waals surface area contributed by atoms with Crippen molar-refractivity contribution in [3.05, 3.63) is 53.3 Å².